The molecule has 0 fully saturated rings. The van der Waals surface area contributed by atoms with Crippen LogP contribution in [0.2, 0.25) is 0 Å². The van der Waals surface area contributed by atoms with Crippen LogP contribution in [0.5, 0.6) is 0 Å². The second-order valence-electron chi connectivity index (χ2n) is 4.74. The molecule has 0 aromatic heterocycles. The Balaban J connectivity index is 2.43. The van der Waals surface area contributed by atoms with E-state index in [2.05, 4.69) is 19.2 Å². The summed E-state index contributed by atoms with van der Waals surface area (Å²) < 4.78 is 0. The number of aliphatic hydroxyl groups is 1. The van der Waals surface area contributed by atoms with Gasteiger partial charge in [-0.15, -0.1) is 0 Å². The highest BCUT2D eigenvalue weighted by molar-refractivity contribution is 5.78. The van der Waals surface area contributed by atoms with Crippen LogP contribution in [0, 0.1) is 5.92 Å². The van der Waals surface area contributed by atoms with Crippen molar-refractivity contribution in [3.05, 3.63) is 35.9 Å². The van der Waals surface area contributed by atoms with Crippen LogP contribution in [0.15, 0.2) is 30.3 Å². The molecular weight excluding hydrogens is 214 g/mol. The van der Waals surface area contributed by atoms with Gasteiger partial charge in [-0.1, -0.05) is 44.2 Å². The zero-order valence-corrected chi connectivity index (χ0v) is 10.5. The van der Waals surface area contributed by atoms with Gasteiger partial charge in [-0.05, 0) is 17.9 Å². The summed E-state index contributed by atoms with van der Waals surface area (Å²) in [6, 6.07) is 9.48. The van der Waals surface area contributed by atoms with E-state index >= 15 is 0 Å². The van der Waals surface area contributed by atoms with Crippen LogP contribution in [0.25, 0.3) is 0 Å². The van der Waals surface area contributed by atoms with Gasteiger partial charge in [0.15, 0.2) is 0 Å². The molecule has 0 aliphatic heterocycles. The zero-order chi connectivity index (χ0) is 12.7. The minimum Gasteiger partial charge on any atom is -0.394 e. The first-order valence-electron chi connectivity index (χ1n) is 6.06. The van der Waals surface area contributed by atoms with Crippen molar-refractivity contribution < 1.29 is 9.90 Å². The largest absolute Gasteiger partial charge is 0.394 e. The second kappa shape index (κ2) is 7.07. The Bertz CT molecular complexity index is 335. The maximum absolute atomic E-state index is 11.7. The van der Waals surface area contributed by atoms with E-state index in [4.69, 9.17) is 0 Å². The number of carbonyl (C=O) groups excluding carboxylic acids is 1. The molecule has 2 N–H and O–H groups in total. The average molecular weight is 235 g/mol. The van der Waals surface area contributed by atoms with E-state index in [1.807, 2.05) is 30.3 Å². The molecule has 1 unspecified atom stereocenters. The van der Waals surface area contributed by atoms with Gasteiger partial charge in [0.1, 0.15) is 0 Å². The maximum atomic E-state index is 11.7. The number of amides is 1. The lowest BCUT2D eigenvalue weighted by atomic mass is 10.0. The summed E-state index contributed by atoms with van der Waals surface area (Å²) in [7, 11) is 0. The predicted molar refractivity (Wildman–Crippen MR) is 68.6 cm³/mol. The summed E-state index contributed by atoms with van der Waals surface area (Å²) in [6.45, 7) is 4.15. The van der Waals surface area contributed by atoms with Gasteiger partial charge in [0.05, 0.1) is 19.1 Å². The predicted octanol–water partition coefficient (Wildman–Crippen LogP) is 1.75. The lowest BCUT2D eigenvalue weighted by Crippen LogP contribution is -2.39. The van der Waals surface area contributed by atoms with Crippen molar-refractivity contribution >= 4 is 5.91 Å². The number of nitrogens with one attached hydrogen (secondary N) is 1. The number of carbonyl (C=O) groups is 1. The molecule has 3 nitrogen and oxygen atoms in total. The van der Waals surface area contributed by atoms with Crippen LogP contribution in [-0.4, -0.2) is 23.7 Å². The highest BCUT2D eigenvalue weighted by atomic mass is 16.3. The molecule has 1 rings (SSSR count). The first-order chi connectivity index (χ1) is 8.11. The summed E-state index contributed by atoms with van der Waals surface area (Å²) in [6.07, 6.45) is 1.17. The van der Waals surface area contributed by atoms with Crippen LogP contribution < -0.4 is 5.32 Å². The van der Waals surface area contributed by atoms with Crippen LogP contribution in [0.1, 0.15) is 25.8 Å². The van der Waals surface area contributed by atoms with Crippen molar-refractivity contribution in [3.63, 3.8) is 0 Å². The molecule has 17 heavy (non-hydrogen) atoms. The van der Waals surface area contributed by atoms with E-state index in [9.17, 15) is 9.90 Å². The molecule has 0 aliphatic rings. The maximum Gasteiger partial charge on any atom is 0.224 e. The first-order valence-corrected chi connectivity index (χ1v) is 6.06. The lowest BCUT2D eigenvalue weighted by Gasteiger charge is -2.18. The first kappa shape index (κ1) is 13.7. The summed E-state index contributed by atoms with van der Waals surface area (Å²) in [5.74, 6) is 0.431. The van der Waals surface area contributed by atoms with Crippen LogP contribution in [-0.2, 0) is 11.2 Å². The molecule has 1 atom stereocenters. The van der Waals surface area contributed by atoms with E-state index < -0.39 is 0 Å². The Morgan fingerprint density at radius 3 is 2.47 bits per heavy atom. The zero-order valence-electron chi connectivity index (χ0n) is 10.5. The summed E-state index contributed by atoms with van der Waals surface area (Å²) in [4.78, 5) is 11.7. The molecule has 0 bridgehead atoms. The Kier molecular flexibility index (Phi) is 5.70. The molecule has 0 heterocycles. The van der Waals surface area contributed by atoms with Crippen molar-refractivity contribution in [2.24, 2.45) is 5.92 Å². The smallest absolute Gasteiger partial charge is 0.224 e. The number of rotatable bonds is 6. The molecule has 0 spiro atoms. The number of hydrogen-bond donors (Lipinski definition) is 2. The van der Waals surface area contributed by atoms with Gasteiger partial charge in [0, 0.05) is 0 Å². The molecule has 1 aromatic rings. The van der Waals surface area contributed by atoms with Gasteiger partial charge in [0.25, 0.3) is 0 Å². The Labute approximate surface area is 103 Å². The average Bonchev–Trinajstić information content (AvgIpc) is 2.28. The van der Waals surface area contributed by atoms with Crippen molar-refractivity contribution in [2.75, 3.05) is 6.61 Å². The van der Waals surface area contributed by atoms with E-state index in [-0.39, 0.29) is 18.6 Å². The van der Waals surface area contributed by atoms with Gasteiger partial charge in [-0.2, -0.15) is 0 Å². The topological polar surface area (TPSA) is 49.3 Å². The number of aliphatic hydroxyl groups excluding tert-OH is 1. The Morgan fingerprint density at radius 2 is 1.94 bits per heavy atom. The quantitative estimate of drug-likeness (QED) is 0.789. The highest BCUT2D eigenvalue weighted by Gasteiger charge is 2.12. The van der Waals surface area contributed by atoms with E-state index in [1.54, 1.807) is 0 Å². The summed E-state index contributed by atoms with van der Waals surface area (Å²) in [5, 5.41) is 12.0. The van der Waals surface area contributed by atoms with Crippen molar-refractivity contribution in [1.29, 1.82) is 0 Å². The minimum absolute atomic E-state index is 0.00128. The fourth-order valence-corrected chi connectivity index (χ4v) is 1.81. The summed E-state index contributed by atoms with van der Waals surface area (Å²) in [5.41, 5.74) is 0.992. The number of hydrogen-bond acceptors (Lipinski definition) is 2. The normalized spacial score (nSPS) is 12.5. The molecule has 0 saturated carbocycles. The molecule has 0 aliphatic carbocycles. The number of benzene rings is 1. The van der Waals surface area contributed by atoms with Crippen molar-refractivity contribution in [3.8, 4) is 0 Å². The molecule has 0 radical (unpaired) electrons. The van der Waals surface area contributed by atoms with Crippen LogP contribution in [0.4, 0.5) is 0 Å². The fraction of sp³-hybridized carbons (Fsp3) is 0.500. The lowest BCUT2D eigenvalue weighted by molar-refractivity contribution is -0.121. The molecule has 1 amide bonds. The van der Waals surface area contributed by atoms with Crippen LogP contribution in [0.3, 0.4) is 0 Å². The third kappa shape index (κ3) is 5.50. The molecular formula is C14H21NO2. The van der Waals surface area contributed by atoms with Crippen molar-refractivity contribution in [1.82, 2.24) is 5.32 Å². The monoisotopic (exact) mass is 235 g/mol. The summed E-state index contributed by atoms with van der Waals surface area (Å²) >= 11 is 0. The molecule has 0 saturated heterocycles. The SMILES string of the molecule is CC(C)CC(CO)NC(=O)Cc1ccccc1. The molecule has 3 heteroatoms. The van der Waals surface area contributed by atoms with Crippen molar-refractivity contribution in [2.45, 2.75) is 32.7 Å². The van der Waals surface area contributed by atoms with E-state index in [0.29, 0.717) is 12.3 Å². The fourth-order valence-electron chi connectivity index (χ4n) is 1.81. The van der Waals surface area contributed by atoms with Gasteiger partial charge in [-0.25, -0.2) is 0 Å². The second-order valence-corrected chi connectivity index (χ2v) is 4.74. The molecule has 94 valence electrons. The van der Waals surface area contributed by atoms with Gasteiger partial charge in [-0.3, -0.25) is 4.79 Å². The standard InChI is InChI=1S/C14H21NO2/c1-11(2)8-13(10-16)15-14(17)9-12-6-4-3-5-7-12/h3-7,11,13,16H,8-10H2,1-2H3,(H,15,17). The third-order valence-corrected chi connectivity index (χ3v) is 2.55. The Hall–Kier alpha value is -1.35. The minimum atomic E-state index is -0.133. The Morgan fingerprint density at radius 1 is 1.29 bits per heavy atom. The highest BCUT2D eigenvalue weighted by Crippen LogP contribution is 2.05. The third-order valence-electron chi connectivity index (χ3n) is 2.55. The van der Waals surface area contributed by atoms with E-state index in [1.165, 1.54) is 0 Å². The van der Waals surface area contributed by atoms with Gasteiger partial charge < -0.3 is 10.4 Å². The van der Waals surface area contributed by atoms with E-state index in [0.717, 1.165) is 12.0 Å². The van der Waals surface area contributed by atoms with Gasteiger partial charge >= 0.3 is 0 Å². The van der Waals surface area contributed by atoms with Crippen LogP contribution >= 0.6 is 0 Å². The molecule has 1 aromatic carbocycles. The van der Waals surface area contributed by atoms with Gasteiger partial charge in [0.2, 0.25) is 5.91 Å².